The summed E-state index contributed by atoms with van der Waals surface area (Å²) in [6, 6.07) is 22.9. The van der Waals surface area contributed by atoms with E-state index in [0.717, 1.165) is 22.4 Å². The topological polar surface area (TPSA) is 73.9 Å². The Bertz CT molecular complexity index is 1400. The number of rotatable bonds is 7. The molecule has 1 aliphatic carbocycles. The van der Waals surface area contributed by atoms with E-state index < -0.39 is 11.9 Å². The number of carbonyl (C=O) groups excluding carboxylic acids is 2. The molecule has 0 aromatic heterocycles. The first-order chi connectivity index (χ1) is 17.5. The van der Waals surface area contributed by atoms with Crippen molar-refractivity contribution in [3.05, 3.63) is 112 Å². The molecule has 0 saturated heterocycles. The maximum absolute atomic E-state index is 13.6. The van der Waals surface area contributed by atoms with Crippen LogP contribution in [-0.2, 0) is 16.1 Å². The molecule has 3 aromatic rings. The molecule has 1 aliphatic heterocycles. The van der Waals surface area contributed by atoms with Crippen LogP contribution in [0.3, 0.4) is 0 Å². The first-order valence-corrected chi connectivity index (χ1v) is 11.9. The summed E-state index contributed by atoms with van der Waals surface area (Å²) >= 11 is 0. The van der Waals surface area contributed by atoms with Crippen LogP contribution in [0.25, 0.3) is 5.70 Å². The lowest BCUT2D eigenvalue weighted by molar-refractivity contribution is -0.136. The lowest BCUT2D eigenvalue weighted by atomic mass is 9.79. The molecular weight excluding hydrogens is 454 g/mol. The number of methoxy groups -OCH3 is 1. The summed E-state index contributed by atoms with van der Waals surface area (Å²) in [7, 11) is 1.35. The number of allylic oxidation sites excluding steroid dienone is 2. The number of nitrogens with one attached hydrogen (secondary N) is 1. The highest BCUT2D eigenvalue weighted by Crippen LogP contribution is 2.48. The fourth-order valence-electron chi connectivity index (χ4n) is 4.87. The quantitative estimate of drug-likeness (QED) is 0.455. The van der Waals surface area contributed by atoms with E-state index in [1.165, 1.54) is 7.11 Å². The van der Waals surface area contributed by atoms with Gasteiger partial charge in [-0.05, 0) is 37.1 Å². The molecule has 0 unspecified atom stereocenters. The van der Waals surface area contributed by atoms with Gasteiger partial charge in [-0.1, -0.05) is 60.7 Å². The minimum absolute atomic E-state index is 0.102. The Morgan fingerprint density at radius 2 is 1.64 bits per heavy atom. The van der Waals surface area contributed by atoms with E-state index in [0.29, 0.717) is 47.1 Å². The molecular formula is C30H27NO5. The third-order valence-corrected chi connectivity index (χ3v) is 6.49. The molecule has 6 nitrogen and oxygen atoms in total. The molecule has 1 N–H and O–H groups in total. The van der Waals surface area contributed by atoms with Gasteiger partial charge in [0, 0.05) is 28.3 Å². The summed E-state index contributed by atoms with van der Waals surface area (Å²) < 4.78 is 17.1. The van der Waals surface area contributed by atoms with Crippen LogP contribution in [0.15, 0.2) is 89.6 Å². The van der Waals surface area contributed by atoms with Crippen molar-refractivity contribution in [2.24, 2.45) is 0 Å². The van der Waals surface area contributed by atoms with Crippen molar-refractivity contribution >= 4 is 17.4 Å². The lowest BCUT2D eigenvalue weighted by Crippen LogP contribution is -2.29. The summed E-state index contributed by atoms with van der Waals surface area (Å²) in [6.07, 6.45) is 0. The van der Waals surface area contributed by atoms with Gasteiger partial charge in [0.1, 0.15) is 6.61 Å². The third kappa shape index (κ3) is 4.05. The standard InChI is InChI=1S/C30H27NO5/c1-4-35-24-16-20(14-15-23(24)36-17-19-10-6-5-7-11-19)26-25(30(33)34-3)18(2)31-28-21-12-8-9-13-22(21)29(32)27(26)28/h5-16,26,31H,4,17H2,1-3H3/t26-/m0/s1. The zero-order valence-electron chi connectivity index (χ0n) is 20.5. The summed E-state index contributed by atoms with van der Waals surface area (Å²) in [5, 5.41) is 3.30. The maximum Gasteiger partial charge on any atom is 0.336 e. The van der Waals surface area contributed by atoms with Gasteiger partial charge in [0.05, 0.1) is 25.0 Å². The fourth-order valence-corrected chi connectivity index (χ4v) is 4.87. The molecule has 3 aromatic carbocycles. The van der Waals surface area contributed by atoms with Crippen molar-refractivity contribution in [2.45, 2.75) is 26.4 Å². The molecule has 1 heterocycles. The van der Waals surface area contributed by atoms with Gasteiger partial charge in [-0.2, -0.15) is 0 Å². The van der Waals surface area contributed by atoms with E-state index in [-0.39, 0.29) is 5.78 Å². The number of hydrogen-bond donors (Lipinski definition) is 1. The van der Waals surface area contributed by atoms with Crippen molar-refractivity contribution in [1.29, 1.82) is 0 Å². The number of dihydropyridines is 1. The average molecular weight is 482 g/mol. The average Bonchev–Trinajstić information content (AvgIpc) is 3.19. The number of benzene rings is 3. The van der Waals surface area contributed by atoms with Crippen LogP contribution in [-0.4, -0.2) is 25.5 Å². The predicted octanol–water partition coefficient (Wildman–Crippen LogP) is 5.41. The number of ether oxygens (including phenoxy) is 3. The second-order valence-electron chi connectivity index (χ2n) is 8.67. The van der Waals surface area contributed by atoms with Crippen LogP contribution < -0.4 is 14.8 Å². The minimum atomic E-state index is -0.615. The smallest absolute Gasteiger partial charge is 0.336 e. The van der Waals surface area contributed by atoms with Crippen molar-refractivity contribution in [3.8, 4) is 11.5 Å². The predicted molar refractivity (Wildman–Crippen MR) is 137 cm³/mol. The van der Waals surface area contributed by atoms with Gasteiger partial charge in [0.2, 0.25) is 0 Å². The van der Waals surface area contributed by atoms with E-state index in [1.54, 1.807) is 0 Å². The molecule has 2 aliphatic rings. The molecule has 0 amide bonds. The van der Waals surface area contributed by atoms with E-state index in [4.69, 9.17) is 14.2 Å². The molecule has 0 bridgehead atoms. The monoisotopic (exact) mass is 481 g/mol. The summed E-state index contributed by atoms with van der Waals surface area (Å²) in [6.45, 7) is 4.56. The van der Waals surface area contributed by atoms with Gasteiger partial charge in [0.15, 0.2) is 17.3 Å². The molecule has 6 heteroatoms. The van der Waals surface area contributed by atoms with Gasteiger partial charge >= 0.3 is 5.97 Å². The van der Waals surface area contributed by atoms with Crippen molar-refractivity contribution in [1.82, 2.24) is 5.32 Å². The zero-order chi connectivity index (χ0) is 25.2. The Kier molecular flexibility index (Phi) is 6.34. The second-order valence-corrected chi connectivity index (χ2v) is 8.67. The van der Waals surface area contributed by atoms with E-state index in [9.17, 15) is 9.59 Å². The highest BCUT2D eigenvalue weighted by Gasteiger charge is 2.43. The van der Waals surface area contributed by atoms with Crippen molar-refractivity contribution in [3.63, 3.8) is 0 Å². The molecule has 1 atom stereocenters. The van der Waals surface area contributed by atoms with E-state index >= 15 is 0 Å². The van der Waals surface area contributed by atoms with E-state index in [2.05, 4.69) is 5.32 Å². The fraction of sp³-hybridized carbons (Fsp3) is 0.200. The van der Waals surface area contributed by atoms with Crippen LogP contribution in [0.1, 0.15) is 46.8 Å². The first-order valence-electron chi connectivity index (χ1n) is 11.9. The summed E-state index contributed by atoms with van der Waals surface area (Å²) in [4.78, 5) is 26.5. The highest BCUT2D eigenvalue weighted by molar-refractivity contribution is 6.23. The Labute approximate surface area is 210 Å². The summed E-state index contributed by atoms with van der Waals surface area (Å²) in [5.74, 6) is -0.0570. The molecule has 5 rings (SSSR count). The van der Waals surface area contributed by atoms with Gasteiger partial charge in [-0.15, -0.1) is 0 Å². The second kappa shape index (κ2) is 9.74. The van der Waals surface area contributed by atoms with Crippen LogP contribution in [0.5, 0.6) is 11.5 Å². The first kappa shape index (κ1) is 23.4. The van der Waals surface area contributed by atoms with Gasteiger partial charge in [0.25, 0.3) is 0 Å². The number of Topliss-reactive ketones (excluding diaryl/α,β-unsaturated/α-hetero) is 1. The number of esters is 1. The SMILES string of the molecule is CCOc1cc([C@H]2C(C(=O)OC)=C(C)NC3=C2C(=O)c2ccccc23)ccc1OCc1ccccc1. The summed E-state index contributed by atoms with van der Waals surface area (Å²) in [5.41, 5.74) is 5.55. The molecule has 182 valence electrons. The molecule has 0 spiro atoms. The molecule has 36 heavy (non-hydrogen) atoms. The number of fused-ring (bicyclic) bond motifs is 2. The number of carbonyl (C=O) groups is 2. The highest BCUT2D eigenvalue weighted by atomic mass is 16.5. The van der Waals surface area contributed by atoms with E-state index in [1.807, 2.05) is 86.6 Å². The normalized spacial score (nSPS) is 16.3. The minimum Gasteiger partial charge on any atom is -0.490 e. The van der Waals surface area contributed by atoms with Crippen LogP contribution in [0.4, 0.5) is 0 Å². The Balaban J connectivity index is 1.59. The number of ketones is 1. The van der Waals surface area contributed by atoms with Crippen molar-refractivity contribution in [2.75, 3.05) is 13.7 Å². The lowest BCUT2D eigenvalue weighted by Gasteiger charge is -2.29. The van der Waals surface area contributed by atoms with Gasteiger partial charge < -0.3 is 19.5 Å². The van der Waals surface area contributed by atoms with Crippen LogP contribution >= 0.6 is 0 Å². The third-order valence-electron chi connectivity index (χ3n) is 6.49. The molecule has 0 radical (unpaired) electrons. The van der Waals surface area contributed by atoms with Crippen molar-refractivity contribution < 1.29 is 23.8 Å². The maximum atomic E-state index is 13.6. The Morgan fingerprint density at radius 1 is 0.917 bits per heavy atom. The molecule has 0 saturated carbocycles. The Morgan fingerprint density at radius 3 is 2.36 bits per heavy atom. The molecule has 0 fully saturated rings. The largest absolute Gasteiger partial charge is 0.490 e. The van der Waals surface area contributed by atoms with Gasteiger partial charge in [-0.3, -0.25) is 4.79 Å². The van der Waals surface area contributed by atoms with Crippen LogP contribution in [0, 0.1) is 0 Å². The zero-order valence-corrected chi connectivity index (χ0v) is 20.5. The van der Waals surface area contributed by atoms with Crippen LogP contribution in [0.2, 0.25) is 0 Å². The Hall–Kier alpha value is -4.32. The van der Waals surface area contributed by atoms with Gasteiger partial charge in [-0.25, -0.2) is 4.79 Å². The number of hydrogen-bond acceptors (Lipinski definition) is 6.